The predicted molar refractivity (Wildman–Crippen MR) is 62.4 cm³/mol. The average molecular weight is 206 g/mol. The maximum atomic E-state index is 5.67. The second-order valence-corrected chi connectivity index (χ2v) is 4.03. The molecular weight excluding hydrogens is 188 g/mol. The highest BCUT2D eigenvalue weighted by Gasteiger charge is 2.21. The number of methoxy groups -OCH3 is 1. The van der Waals surface area contributed by atoms with Gasteiger partial charge in [0, 0.05) is 18.8 Å². The van der Waals surface area contributed by atoms with E-state index < -0.39 is 0 Å². The lowest BCUT2D eigenvalue weighted by atomic mass is 10.1. The molecule has 0 radical (unpaired) electrons. The fourth-order valence-electron chi connectivity index (χ4n) is 2.05. The Balaban J connectivity index is 2.04. The molecule has 3 nitrogen and oxygen atoms in total. The highest BCUT2D eigenvalue weighted by atomic mass is 16.5. The lowest BCUT2D eigenvalue weighted by molar-refractivity contribution is 0.415. The topological polar surface area (TPSA) is 38.5 Å². The summed E-state index contributed by atoms with van der Waals surface area (Å²) in [5.41, 5.74) is 6.94. The van der Waals surface area contributed by atoms with Gasteiger partial charge < -0.3 is 15.4 Å². The molecule has 82 valence electrons. The summed E-state index contributed by atoms with van der Waals surface area (Å²) < 4.78 is 5.14. The van der Waals surface area contributed by atoms with Gasteiger partial charge in [-0.15, -0.1) is 0 Å². The molecule has 1 aliphatic rings. The number of benzene rings is 1. The first kappa shape index (κ1) is 10.3. The van der Waals surface area contributed by atoms with Crippen LogP contribution in [0.5, 0.6) is 5.75 Å². The summed E-state index contributed by atoms with van der Waals surface area (Å²) in [6.45, 7) is 3.00. The van der Waals surface area contributed by atoms with Gasteiger partial charge in [-0.1, -0.05) is 0 Å². The predicted octanol–water partition coefficient (Wildman–Crippen LogP) is 1.48. The van der Waals surface area contributed by atoms with Crippen molar-refractivity contribution in [3.05, 3.63) is 24.3 Å². The van der Waals surface area contributed by atoms with Crippen molar-refractivity contribution in [2.24, 2.45) is 11.7 Å². The van der Waals surface area contributed by atoms with Crippen molar-refractivity contribution in [1.82, 2.24) is 0 Å². The summed E-state index contributed by atoms with van der Waals surface area (Å²) >= 11 is 0. The van der Waals surface area contributed by atoms with E-state index in [1.54, 1.807) is 7.11 Å². The zero-order valence-corrected chi connectivity index (χ0v) is 9.15. The van der Waals surface area contributed by atoms with Gasteiger partial charge in [0.25, 0.3) is 0 Å². The van der Waals surface area contributed by atoms with E-state index >= 15 is 0 Å². The van der Waals surface area contributed by atoms with E-state index in [0.717, 1.165) is 25.4 Å². The molecule has 1 fully saturated rings. The van der Waals surface area contributed by atoms with Crippen LogP contribution in [0.1, 0.15) is 6.42 Å². The van der Waals surface area contributed by atoms with Gasteiger partial charge in [-0.25, -0.2) is 0 Å². The van der Waals surface area contributed by atoms with E-state index in [9.17, 15) is 0 Å². The van der Waals surface area contributed by atoms with Crippen LogP contribution in [0.25, 0.3) is 0 Å². The number of hydrogen-bond donors (Lipinski definition) is 1. The average Bonchev–Trinajstić information content (AvgIpc) is 2.78. The minimum Gasteiger partial charge on any atom is -0.497 e. The third kappa shape index (κ3) is 2.23. The second-order valence-electron chi connectivity index (χ2n) is 4.03. The fourth-order valence-corrected chi connectivity index (χ4v) is 2.05. The summed E-state index contributed by atoms with van der Waals surface area (Å²) in [5.74, 6) is 1.57. The second kappa shape index (κ2) is 4.53. The third-order valence-corrected chi connectivity index (χ3v) is 3.06. The van der Waals surface area contributed by atoms with Gasteiger partial charge in [0.05, 0.1) is 7.11 Å². The first-order chi connectivity index (χ1) is 7.33. The van der Waals surface area contributed by atoms with Crippen LogP contribution < -0.4 is 15.4 Å². The molecule has 3 heteroatoms. The zero-order chi connectivity index (χ0) is 10.7. The number of rotatable bonds is 3. The summed E-state index contributed by atoms with van der Waals surface area (Å²) in [6.07, 6.45) is 1.21. The Kier molecular flexibility index (Phi) is 3.11. The fraction of sp³-hybridized carbons (Fsp3) is 0.500. The van der Waals surface area contributed by atoms with Gasteiger partial charge in [-0.3, -0.25) is 0 Å². The third-order valence-electron chi connectivity index (χ3n) is 3.06. The Morgan fingerprint density at radius 2 is 2.13 bits per heavy atom. The quantitative estimate of drug-likeness (QED) is 0.814. The number of anilines is 1. The molecule has 1 aromatic carbocycles. The molecular formula is C12H18N2O. The molecule has 0 spiro atoms. The molecule has 1 aliphatic heterocycles. The van der Waals surface area contributed by atoms with Crippen molar-refractivity contribution >= 4 is 5.69 Å². The number of ether oxygens (including phenoxy) is 1. The molecule has 0 aromatic heterocycles. The monoisotopic (exact) mass is 206 g/mol. The molecule has 2 N–H and O–H groups in total. The van der Waals surface area contributed by atoms with Crippen LogP contribution in [0.15, 0.2) is 24.3 Å². The highest BCUT2D eigenvalue weighted by molar-refractivity contribution is 5.49. The number of nitrogens with zero attached hydrogens (tertiary/aromatic N) is 1. The minimum absolute atomic E-state index is 0.659. The number of hydrogen-bond acceptors (Lipinski definition) is 3. The van der Waals surface area contributed by atoms with Crippen LogP contribution >= 0.6 is 0 Å². The van der Waals surface area contributed by atoms with Crippen LogP contribution in [0.3, 0.4) is 0 Å². The molecule has 0 saturated carbocycles. The molecule has 1 saturated heterocycles. The SMILES string of the molecule is COc1ccc(N2CC[C@@H](CN)C2)cc1. The van der Waals surface area contributed by atoms with Crippen molar-refractivity contribution in [1.29, 1.82) is 0 Å². The van der Waals surface area contributed by atoms with Gasteiger partial charge in [0.2, 0.25) is 0 Å². The zero-order valence-electron chi connectivity index (χ0n) is 9.15. The Hall–Kier alpha value is -1.22. The summed E-state index contributed by atoms with van der Waals surface area (Å²) in [5, 5.41) is 0. The Bertz CT molecular complexity index is 310. The molecule has 2 rings (SSSR count). The smallest absolute Gasteiger partial charge is 0.119 e. The maximum Gasteiger partial charge on any atom is 0.119 e. The van der Waals surface area contributed by atoms with Gasteiger partial charge in [0.15, 0.2) is 0 Å². The first-order valence-electron chi connectivity index (χ1n) is 5.42. The van der Waals surface area contributed by atoms with E-state index in [1.165, 1.54) is 12.1 Å². The van der Waals surface area contributed by atoms with E-state index in [-0.39, 0.29) is 0 Å². The lowest BCUT2D eigenvalue weighted by Crippen LogP contribution is -2.22. The van der Waals surface area contributed by atoms with E-state index in [0.29, 0.717) is 5.92 Å². The van der Waals surface area contributed by atoms with Crippen LogP contribution in [0, 0.1) is 5.92 Å². The Labute approximate surface area is 90.8 Å². The Morgan fingerprint density at radius 1 is 1.40 bits per heavy atom. The Morgan fingerprint density at radius 3 is 2.67 bits per heavy atom. The van der Waals surface area contributed by atoms with E-state index in [1.807, 2.05) is 12.1 Å². The van der Waals surface area contributed by atoms with Gasteiger partial charge in [-0.05, 0) is 43.1 Å². The standard InChI is InChI=1S/C12H18N2O/c1-15-12-4-2-11(3-5-12)14-7-6-10(8-13)9-14/h2-5,10H,6-9,13H2,1H3/t10-/m0/s1. The minimum atomic E-state index is 0.659. The van der Waals surface area contributed by atoms with Crippen molar-refractivity contribution in [3.8, 4) is 5.75 Å². The van der Waals surface area contributed by atoms with Crippen LogP contribution in [0.4, 0.5) is 5.69 Å². The van der Waals surface area contributed by atoms with Crippen LogP contribution in [0.2, 0.25) is 0 Å². The molecule has 1 heterocycles. The molecule has 1 aromatic rings. The molecule has 0 aliphatic carbocycles. The van der Waals surface area contributed by atoms with Crippen molar-refractivity contribution in [2.75, 3.05) is 31.6 Å². The van der Waals surface area contributed by atoms with Gasteiger partial charge >= 0.3 is 0 Å². The molecule has 15 heavy (non-hydrogen) atoms. The van der Waals surface area contributed by atoms with E-state index in [2.05, 4.69) is 17.0 Å². The first-order valence-corrected chi connectivity index (χ1v) is 5.42. The largest absolute Gasteiger partial charge is 0.497 e. The van der Waals surface area contributed by atoms with Crippen LogP contribution in [-0.2, 0) is 0 Å². The van der Waals surface area contributed by atoms with Crippen LogP contribution in [-0.4, -0.2) is 26.7 Å². The van der Waals surface area contributed by atoms with E-state index in [4.69, 9.17) is 10.5 Å². The molecule has 1 atom stereocenters. The lowest BCUT2D eigenvalue weighted by Gasteiger charge is -2.18. The summed E-state index contributed by atoms with van der Waals surface area (Å²) in [7, 11) is 1.69. The summed E-state index contributed by atoms with van der Waals surface area (Å²) in [6, 6.07) is 8.23. The highest BCUT2D eigenvalue weighted by Crippen LogP contribution is 2.24. The number of nitrogens with two attached hydrogens (primary N) is 1. The summed E-state index contributed by atoms with van der Waals surface area (Å²) in [4.78, 5) is 2.39. The molecule has 0 bridgehead atoms. The van der Waals surface area contributed by atoms with Gasteiger partial charge in [-0.2, -0.15) is 0 Å². The van der Waals surface area contributed by atoms with Crippen molar-refractivity contribution in [3.63, 3.8) is 0 Å². The normalized spacial score (nSPS) is 20.7. The van der Waals surface area contributed by atoms with Crippen molar-refractivity contribution < 1.29 is 4.74 Å². The van der Waals surface area contributed by atoms with Crippen molar-refractivity contribution in [2.45, 2.75) is 6.42 Å². The maximum absolute atomic E-state index is 5.67. The van der Waals surface area contributed by atoms with Gasteiger partial charge in [0.1, 0.15) is 5.75 Å². The molecule has 0 unspecified atom stereocenters. The molecule has 0 amide bonds.